The largest absolute Gasteiger partial charge is 0.399 e. The Morgan fingerprint density at radius 2 is 0.880 bits per heavy atom. The summed E-state index contributed by atoms with van der Waals surface area (Å²) in [5.74, 6) is 0.162. The van der Waals surface area contributed by atoms with Crippen LogP contribution in [-0.4, -0.2) is 0 Å². The molecule has 3 rings (SSSR count). The number of hydrogen-bond donors (Lipinski definition) is 2. The molecule has 128 valence electrons. The van der Waals surface area contributed by atoms with Gasteiger partial charge >= 0.3 is 0 Å². The molecule has 25 heavy (non-hydrogen) atoms. The molecule has 0 atom stereocenters. The van der Waals surface area contributed by atoms with Crippen LogP contribution in [0, 0.1) is 0 Å². The van der Waals surface area contributed by atoms with Crippen molar-refractivity contribution in [2.24, 2.45) is 0 Å². The lowest BCUT2D eigenvalue weighted by Crippen LogP contribution is -2.11. The Morgan fingerprint density at radius 1 is 0.560 bits per heavy atom. The van der Waals surface area contributed by atoms with Gasteiger partial charge < -0.3 is 11.5 Å². The molecule has 2 nitrogen and oxygen atoms in total. The highest BCUT2D eigenvalue weighted by Crippen LogP contribution is 2.34. The van der Waals surface area contributed by atoms with E-state index in [0.29, 0.717) is 0 Å². The van der Waals surface area contributed by atoms with Crippen molar-refractivity contribution in [3.63, 3.8) is 0 Å². The molecule has 0 spiro atoms. The fourth-order valence-corrected chi connectivity index (χ4v) is 3.13. The van der Waals surface area contributed by atoms with E-state index >= 15 is 0 Å². The van der Waals surface area contributed by atoms with Gasteiger partial charge in [-0.05, 0) is 51.9 Å². The molecule has 0 aliphatic heterocycles. The number of nitrogens with two attached hydrogens (primary N) is 2. The Morgan fingerprint density at radius 3 is 1.20 bits per heavy atom. The van der Waals surface area contributed by atoms with Gasteiger partial charge in [0.15, 0.2) is 0 Å². The van der Waals surface area contributed by atoms with Crippen LogP contribution in [0.15, 0.2) is 72.8 Å². The van der Waals surface area contributed by atoms with Crippen molar-refractivity contribution in [2.45, 2.75) is 32.1 Å². The third-order valence-electron chi connectivity index (χ3n) is 4.65. The smallest absolute Gasteiger partial charge is 0.0340 e. The molecule has 4 N–H and O–H groups in total. The molecule has 0 amide bonds. The number of hydrogen-bond acceptors (Lipinski definition) is 2. The quantitative estimate of drug-likeness (QED) is 0.504. The number of anilines is 2. The van der Waals surface area contributed by atoms with Crippen molar-refractivity contribution >= 4 is 11.4 Å². The molecular formula is C23H26N2. The van der Waals surface area contributed by atoms with Crippen LogP contribution in [0.3, 0.4) is 0 Å². The third-order valence-corrected chi connectivity index (χ3v) is 4.65. The predicted octanol–water partition coefficient (Wildman–Crippen LogP) is 5.33. The molecule has 0 radical (unpaired) electrons. The molecule has 0 aromatic heterocycles. The summed E-state index contributed by atoms with van der Waals surface area (Å²) < 4.78 is 0. The molecule has 2 heteroatoms. The highest BCUT2D eigenvalue weighted by atomic mass is 14.5. The van der Waals surface area contributed by atoms with Crippen LogP contribution < -0.4 is 11.5 Å². The van der Waals surface area contributed by atoms with Crippen molar-refractivity contribution in [3.05, 3.63) is 95.1 Å². The lowest BCUT2D eigenvalue weighted by atomic mass is 9.82. The zero-order valence-electron chi connectivity index (χ0n) is 15.2. The monoisotopic (exact) mass is 330 g/mol. The Balaban J connectivity index is 2.07. The molecule has 0 fully saturated rings. The average Bonchev–Trinajstić information content (AvgIpc) is 2.58. The Labute approximate surface area is 150 Å². The van der Waals surface area contributed by atoms with Crippen LogP contribution in [0.4, 0.5) is 11.4 Å². The van der Waals surface area contributed by atoms with Crippen molar-refractivity contribution in [1.29, 1.82) is 0 Å². The number of benzene rings is 3. The van der Waals surface area contributed by atoms with E-state index in [4.69, 9.17) is 11.5 Å². The average molecular weight is 330 g/mol. The van der Waals surface area contributed by atoms with Crippen LogP contribution in [0.1, 0.15) is 48.9 Å². The van der Waals surface area contributed by atoms with Crippen LogP contribution in [0.2, 0.25) is 0 Å². The van der Waals surface area contributed by atoms with Gasteiger partial charge in [-0.2, -0.15) is 0 Å². The standard InChI is InChI=1S/C23H26N2/c1-23(2,3)19-10-4-16(5-11-19)22(17-6-12-20(24)13-7-17)18-8-14-21(25)15-9-18/h4-15,22H,24-25H2,1-3H3. The summed E-state index contributed by atoms with van der Waals surface area (Å²) in [5, 5.41) is 0. The summed E-state index contributed by atoms with van der Waals surface area (Å²) in [7, 11) is 0. The Hall–Kier alpha value is -2.74. The van der Waals surface area contributed by atoms with Crippen molar-refractivity contribution in [1.82, 2.24) is 0 Å². The molecule has 0 unspecified atom stereocenters. The first-order valence-corrected chi connectivity index (χ1v) is 8.66. The number of nitrogen functional groups attached to an aromatic ring is 2. The third kappa shape index (κ3) is 3.85. The maximum Gasteiger partial charge on any atom is 0.0340 e. The minimum Gasteiger partial charge on any atom is -0.399 e. The lowest BCUT2D eigenvalue weighted by molar-refractivity contribution is 0.590. The van der Waals surface area contributed by atoms with Gasteiger partial charge in [-0.3, -0.25) is 0 Å². The second-order valence-corrected chi connectivity index (χ2v) is 7.64. The normalized spacial score (nSPS) is 11.7. The van der Waals surface area contributed by atoms with Crippen LogP contribution >= 0.6 is 0 Å². The topological polar surface area (TPSA) is 52.0 Å². The second kappa shape index (κ2) is 6.64. The van der Waals surface area contributed by atoms with E-state index in [9.17, 15) is 0 Å². The molecule has 0 heterocycles. The minimum atomic E-state index is 0.149. The van der Waals surface area contributed by atoms with Gasteiger partial charge in [0.05, 0.1) is 0 Å². The molecule has 3 aromatic carbocycles. The SMILES string of the molecule is CC(C)(C)c1ccc(C(c2ccc(N)cc2)c2ccc(N)cc2)cc1. The highest BCUT2D eigenvalue weighted by Gasteiger charge is 2.19. The maximum absolute atomic E-state index is 5.88. The maximum atomic E-state index is 5.88. The molecule has 0 aliphatic carbocycles. The van der Waals surface area contributed by atoms with Crippen LogP contribution in [0.25, 0.3) is 0 Å². The van der Waals surface area contributed by atoms with E-state index < -0.39 is 0 Å². The van der Waals surface area contributed by atoms with Crippen LogP contribution in [-0.2, 0) is 5.41 Å². The van der Waals surface area contributed by atoms with Crippen molar-refractivity contribution in [2.75, 3.05) is 11.5 Å². The van der Waals surface area contributed by atoms with Gasteiger partial charge in [0.1, 0.15) is 0 Å². The van der Waals surface area contributed by atoms with E-state index in [-0.39, 0.29) is 11.3 Å². The minimum absolute atomic E-state index is 0.149. The van der Waals surface area contributed by atoms with Gasteiger partial charge in [0, 0.05) is 17.3 Å². The Kier molecular flexibility index (Phi) is 4.54. The van der Waals surface area contributed by atoms with E-state index in [1.807, 2.05) is 24.3 Å². The Bertz CT molecular complexity index is 778. The lowest BCUT2D eigenvalue weighted by Gasteiger charge is -2.22. The van der Waals surface area contributed by atoms with Gasteiger partial charge in [-0.15, -0.1) is 0 Å². The van der Waals surface area contributed by atoms with Crippen LogP contribution in [0.5, 0.6) is 0 Å². The van der Waals surface area contributed by atoms with E-state index in [0.717, 1.165) is 11.4 Å². The predicted molar refractivity (Wildman–Crippen MR) is 108 cm³/mol. The van der Waals surface area contributed by atoms with Crippen molar-refractivity contribution in [3.8, 4) is 0 Å². The van der Waals surface area contributed by atoms with E-state index in [1.54, 1.807) is 0 Å². The molecular weight excluding hydrogens is 304 g/mol. The zero-order chi connectivity index (χ0) is 18.0. The van der Waals surface area contributed by atoms with Gasteiger partial charge in [-0.25, -0.2) is 0 Å². The van der Waals surface area contributed by atoms with Gasteiger partial charge in [0.2, 0.25) is 0 Å². The molecule has 0 bridgehead atoms. The summed E-state index contributed by atoms with van der Waals surface area (Å²) in [5.41, 5.74) is 18.5. The first kappa shape index (κ1) is 17.1. The molecule has 0 aliphatic rings. The van der Waals surface area contributed by atoms with Crippen molar-refractivity contribution < 1.29 is 0 Å². The molecule has 0 saturated carbocycles. The summed E-state index contributed by atoms with van der Waals surface area (Å²) >= 11 is 0. The zero-order valence-corrected chi connectivity index (χ0v) is 15.2. The fraction of sp³-hybridized carbons (Fsp3) is 0.217. The summed E-state index contributed by atoms with van der Waals surface area (Å²) in [6.07, 6.45) is 0. The fourth-order valence-electron chi connectivity index (χ4n) is 3.13. The number of rotatable bonds is 3. The van der Waals surface area contributed by atoms with Gasteiger partial charge in [-0.1, -0.05) is 69.3 Å². The first-order valence-electron chi connectivity index (χ1n) is 8.66. The van der Waals surface area contributed by atoms with E-state index in [2.05, 4.69) is 69.3 Å². The second-order valence-electron chi connectivity index (χ2n) is 7.64. The van der Waals surface area contributed by atoms with Gasteiger partial charge in [0.25, 0.3) is 0 Å². The summed E-state index contributed by atoms with van der Waals surface area (Å²) in [6, 6.07) is 25.2. The molecule has 3 aromatic rings. The molecule has 0 saturated heterocycles. The summed E-state index contributed by atoms with van der Waals surface area (Å²) in [6.45, 7) is 6.71. The summed E-state index contributed by atoms with van der Waals surface area (Å²) in [4.78, 5) is 0. The first-order chi connectivity index (χ1) is 11.8. The van der Waals surface area contributed by atoms with E-state index in [1.165, 1.54) is 22.3 Å². The highest BCUT2D eigenvalue weighted by molar-refractivity contribution is 5.50.